The molecule has 0 bridgehead atoms. The van der Waals surface area contributed by atoms with Gasteiger partial charge in [0.1, 0.15) is 5.82 Å². The summed E-state index contributed by atoms with van der Waals surface area (Å²) in [6.07, 6.45) is 0.700. The molecule has 0 aliphatic heterocycles. The normalized spacial score (nSPS) is 10.2. The van der Waals surface area contributed by atoms with Gasteiger partial charge >= 0.3 is 0 Å². The summed E-state index contributed by atoms with van der Waals surface area (Å²) >= 11 is 0. The number of nitrogens with zero attached hydrogens (tertiary/aromatic N) is 4. The van der Waals surface area contributed by atoms with Crippen LogP contribution in [0.1, 0.15) is 12.2 Å². The number of aliphatic hydroxyl groups excluding tert-OH is 1. The van der Waals surface area contributed by atoms with E-state index in [0.717, 1.165) is 5.82 Å². The number of tetrazole rings is 1. The van der Waals surface area contributed by atoms with Crippen molar-refractivity contribution in [3.63, 3.8) is 0 Å². The Kier molecular flexibility index (Phi) is 2.33. The summed E-state index contributed by atoms with van der Waals surface area (Å²) in [5.74, 6) is 0.786. The van der Waals surface area contributed by atoms with Gasteiger partial charge in [-0.15, -0.1) is 5.10 Å². The van der Waals surface area contributed by atoms with Gasteiger partial charge in [-0.2, -0.15) is 0 Å². The molecule has 1 heterocycles. The van der Waals surface area contributed by atoms with E-state index in [-0.39, 0.29) is 6.61 Å². The van der Waals surface area contributed by atoms with Crippen molar-refractivity contribution in [2.45, 2.75) is 19.9 Å². The van der Waals surface area contributed by atoms with Gasteiger partial charge in [-0.3, -0.25) is 0 Å². The highest BCUT2D eigenvalue weighted by atomic mass is 16.3. The van der Waals surface area contributed by atoms with Crippen molar-refractivity contribution in [1.82, 2.24) is 20.2 Å². The monoisotopic (exact) mass is 142 g/mol. The predicted octanol–water partition coefficient (Wildman–Crippen LogP) is -0.636. The van der Waals surface area contributed by atoms with Crippen LogP contribution in [0.3, 0.4) is 0 Å². The summed E-state index contributed by atoms with van der Waals surface area (Å²) < 4.78 is 1.66. The average molecular weight is 142 g/mol. The third kappa shape index (κ3) is 1.51. The average Bonchev–Trinajstić information content (AvgIpc) is 2.31. The smallest absolute Gasteiger partial charge is 0.148 e. The molecule has 0 spiro atoms. The predicted molar refractivity (Wildman–Crippen MR) is 34.3 cm³/mol. The molecule has 1 aromatic rings. The van der Waals surface area contributed by atoms with Crippen molar-refractivity contribution in [1.29, 1.82) is 0 Å². The first-order chi connectivity index (χ1) is 4.84. The molecule has 1 aromatic heterocycles. The number of aromatic nitrogens is 4. The maximum Gasteiger partial charge on any atom is 0.148 e. The quantitative estimate of drug-likeness (QED) is 0.610. The number of hydrogen-bond acceptors (Lipinski definition) is 4. The molecule has 0 unspecified atom stereocenters. The van der Waals surface area contributed by atoms with Crippen LogP contribution < -0.4 is 0 Å². The van der Waals surface area contributed by atoms with Crippen LogP contribution in [0, 0.1) is 6.92 Å². The number of rotatable bonds is 3. The van der Waals surface area contributed by atoms with Gasteiger partial charge in [0.2, 0.25) is 0 Å². The molecule has 0 radical (unpaired) electrons. The van der Waals surface area contributed by atoms with E-state index in [1.165, 1.54) is 0 Å². The number of hydrogen-bond donors (Lipinski definition) is 1. The lowest BCUT2D eigenvalue weighted by molar-refractivity contribution is 0.275. The van der Waals surface area contributed by atoms with Gasteiger partial charge in [0.05, 0.1) is 0 Å². The molecule has 1 rings (SSSR count). The molecule has 0 saturated carbocycles. The van der Waals surface area contributed by atoms with E-state index < -0.39 is 0 Å². The lowest BCUT2D eigenvalue weighted by atomic mass is 10.4. The molecular weight excluding hydrogens is 132 g/mol. The minimum Gasteiger partial charge on any atom is -0.396 e. The molecule has 0 atom stereocenters. The first-order valence-electron chi connectivity index (χ1n) is 3.18. The molecule has 56 valence electrons. The molecule has 0 aliphatic rings. The summed E-state index contributed by atoms with van der Waals surface area (Å²) in [5, 5.41) is 19.3. The first-order valence-corrected chi connectivity index (χ1v) is 3.18. The molecule has 0 amide bonds. The fourth-order valence-corrected chi connectivity index (χ4v) is 0.676. The van der Waals surface area contributed by atoms with Gasteiger partial charge in [-0.1, -0.05) is 0 Å². The standard InChI is InChI=1S/C5H10N4O/c1-5-6-7-8-9(5)3-2-4-10/h10H,2-4H2,1H3. The molecule has 5 nitrogen and oxygen atoms in total. The fourth-order valence-electron chi connectivity index (χ4n) is 0.676. The van der Waals surface area contributed by atoms with Crippen molar-refractivity contribution >= 4 is 0 Å². The van der Waals surface area contributed by atoms with Crippen LogP contribution in [0.25, 0.3) is 0 Å². The van der Waals surface area contributed by atoms with E-state index in [1.54, 1.807) is 4.68 Å². The zero-order valence-corrected chi connectivity index (χ0v) is 5.86. The number of aryl methyl sites for hydroxylation is 2. The molecule has 0 saturated heterocycles. The maximum absolute atomic E-state index is 8.47. The third-order valence-corrected chi connectivity index (χ3v) is 1.24. The van der Waals surface area contributed by atoms with E-state index >= 15 is 0 Å². The highest BCUT2D eigenvalue weighted by Gasteiger charge is 1.96. The Bertz CT molecular complexity index is 197. The Hall–Kier alpha value is -0.970. The maximum atomic E-state index is 8.47. The van der Waals surface area contributed by atoms with E-state index in [2.05, 4.69) is 15.5 Å². The summed E-state index contributed by atoms with van der Waals surface area (Å²) in [4.78, 5) is 0. The van der Waals surface area contributed by atoms with Crippen molar-refractivity contribution in [2.24, 2.45) is 0 Å². The van der Waals surface area contributed by atoms with Crippen molar-refractivity contribution in [3.8, 4) is 0 Å². The second-order valence-electron chi connectivity index (χ2n) is 2.03. The van der Waals surface area contributed by atoms with Gasteiger partial charge < -0.3 is 5.11 Å². The van der Waals surface area contributed by atoms with E-state index in [9.17, 15) is 0 Å². The van der Waals surface area contributed by atoms with Gasteiger partial charge in [0.15, 0.2) is 0 Å². The first kappa shape index (κ1) is 7.14. The fraction of sp³-hybridized carbons (Fsp3) is 0.800. The van der Waals surface area contributed by atoms with Crippen molar-refractivity contribution in [3.05, 3.63) is 5.82 Å². The Balaban J connectivity index is 2.49. The molecule has 0 aromatic carbocycles. The largest absolute Gasteiger partial charge is 0.396 e. The molecule has 1 N–H and O–H groups in total. The van der Waals surface area contributed by atoms with Crippen molar-refractivity contribution in [2.75, 3.05) is 6.61 Å². The lowest BCUT2D eigenvalue weighted by Crippen LogP contribution is -2.04. The van der Waals surface area contributed by atoms with Gasteiger partial charge in [0.25, 0.3) is 0 Å². The minimum absolute atomic E-state index is 0.180. The number of aliphatic hydroxyl groups is 1. The lowest BCUT2D eigenvalue weighted by Gasteiger charge is -1.96. The minimum atomic E-state index is 0.180. The van der Waals surface area contributed by atoms with E-state index in [4.69, 9.17) is 5.11 Å². The van der Waals surface area contributed by atoms with Crippen LogP contribution in [-0.2, 0) is 6.54 Å². The van der Waals surface area contributed by atoms with Gasteiger partial charge in [-0.05, 0) is 23.8 Å². The highest BCUT2D eigenvalue weighted by molar-refractivity contribution is 4.72. The zero-order valence-electron chi connectivity index (χ0n) is 5.86. The summed E-state index contributed by atoms with van der Waals surface area (Å²) in [7, 11) is 0. The summed E-state index contributed by atoms with van der Waals surface area (Å²) in [6.45, 7) is 2.70. The van der Waals surface area contributed by atoms with Crippen LogP contribution in [0.4, 0.5) is 0 Å². The summed E-state index contributed by atoms with van der Waals surface area (Å²) in [6, 6.07) is 0. The van der Waals surface area contributed by atoms with Crippen LogP contribution in [0.15, 0.2) is 0 Å². The molecule has 0 fully saturated rings. The third-order valence-electron chi connectivity index (χ3n) is 1.24. The van der Waals surface area contributed by atoms with Crippen LogP contribution in [0.5, 0.6) is 0 Å². The van der Waals surface area contributed by atoms with Crippen LogP contribution >= 0.6 is 0 Å². The Morgan fingerprint density at radius 2 is 2.40 bits per heavy atom. The SMILES string of the molecule is Cc1nnnn1CCCO. The van der Waals surface area contributed by atoms with E-state index in [0.29, 0.717) is 13.0 Å². The summed E-state index contributed by atoms with van der Waals surface area (Å²) in [5.41, 5.74) is 0. The van der Waals surface area contributed by atoms with Crippen molar-refractivity contribution < 1.29 is 5.11 Å². The highest BCUT2D eigenvalue weighted by Crippen LogP contribution is 1.89. The molecule has 10 heavy (non-hydrogen) atoms. The van der Waals surface area contributed by atoms with E-state index in [1.807, 2.05) is 6.92 Å². The Morgan fingerprint density at radius 3 is 2.90 bits per heavy atom. The van der Waals surface area contributed by atoms with Gasteiger partial charge in [0, 0.05) is 13.2 Å². The Morgan fingerprint density at radius 1 is 1.60 bits per heavy atom. The molecule has 5 heteroatoms. The second kappa shape index (κ2) is 3.26. The van der Waals surface area contributed by atoms with Crippen LogP contribution in [-0.4, -0.2) is 31.9 Å². The van der Waals surface area contributed by atoms with Gasteiger partial charge in [-0.25, -0.2) is 4.68 Å². The topological polar surface area (TPSA) is 63.8 Å². The molecule has 0 aliphatic carbocycles. The van der Waals surface area contributed by atoms with Crippen LogP contribution in [0.2, 0.25) is 0 Å². The Labute approximate surface area is 58.7 Å². The zero-order chi connectivity index (χ0) is 7.40. The second-order valence-corrected chi connectivity index (χ2v) is 2.03. The molecular formula is C5H10N4O.